The average molecular weight is 306 g/mol. The van der Waals surface area contributed by atoms with Gasteiger partial charge in [-0.25, -0.2) is 4.79 Å². The molecule has 0 saturated heterocycles. The topological polar surface area (TPSA) is 50.4 Å². The predicted octanol–water partition coefficient (Wildman–Crippen LogP) is -0.758. The van der Waals surface area contributed by atoms with Gasteiger partial charge in [0.2, 0.25) is 6.54 Å². The van der Waals surface area contributed by atoms with E-state index in [1.54, 1.807) is 24.1 Å². The zero-order valence-corrected chi connectivity index (χ0v) is 12.3. The van der Waals surface area contributed by atoms with Crippen molar-refractivity contribution in [1.29, 1.82) is 0 Å². The molecule has 0 amide bonds. The molecule has 0 aliphatic heterocycles. The first-order valence-electron chi connectivity index (χ1n) is 6.20. The molecule has 0 aliphatic carbocycles. The fourth-order valence-electron chi connectivity index (χ4n) is 1.75. The molecular formula is C16H16ClNO3. The van der Waals surface area contributed by atoms with Crippen LogP contribution in [-0.2, 0) is 11.3 Å². The summed E-state index contributed by atoms with van der Waals surface area (Å²) >= 11 is 0. The molecule has 1 heterocycles. The summed E-state index contributed by atoms with van der Waals surface area (Å²) in [7, 11) is 1.64. The molecule has 5 heteroatoms. The van der Waals surface area contributed by atoms with Crippen molar-refractivity contribution in [3.8, 4) is 5.75 Å². The summed E-state index contributed by atoms with van der Waals surface area (Å²) in [4.78, 5) is 10.6. The van der Waals surface area contributed by atoms with Crippen LogP contribution < -0.4 is 21.7 Å². The van der Waals surface area contributed by atoms with Crippen molar-refractivity contribution in [3.05, 3.63) is 59.9 Å². The van der Waals surface area contributed by atoms with Gasteiger partial charge in [0.15, 0.2) is 12.4 Å². The zero-order chi connectivity index (χ0) is 14.4. The second kappa shape index (κ2) is 8.07. The maximum atomic E-state index is 10.6. The molecule has 0 atom stereocenters. The maximum absolute atomic E-state index is 10.6. The Morgan fingerprint density at radius 2 is 1.62 bits per heavy atom. The standard InChI is InChI=1S/C16H15NO3.ClH/c1-20-15-6-4-13(5-7-15)2-3-14-8-10-17(11-9-14)12-16(18)19;/h2-11H,12H2,1H3;1H/b3-2-;. The largest absolute Gasteiger partial charge is 1.00 e. The van der Waals surface area contributed by atoms with Gasteiger partial charge < -0.3 is 22.3 Å². The zero-order valence-electron chi connectivity index (χ0n) is 11.6. The van der Waals surface area contributed by atoms with Crippen LogP contribution in [0.2, 0.25) is 0 Å². The number of carbonyl (C=O) groups is 1. The quantitative estimate of drug-likeness (QED) is 0.739. The van der Waals surface area contributed by atoms with E-state index in [-0.39, 0.29) is 19.0 Å². The first kappa shape index (κ1) is 16.7. The molecule has 110 valence electrons. The summed E-state index contributed by atoms with van der Waals surface area (Å²) in [6, 6.07) is 11.5. The molecule has 1 N–H and O–H groups in total. The summed E-state index contributed by atoms with van der Waals surface area (Å²) in [5.41, 5.74) is 2.09. The van der Waals surface area contributed by atoms with E-state index < -0.39 is 5.97 Å². The summed E-state index contributed by atoms with van der Waals surface area (Å²) in [5.74, 6) is -0.0203. The molecule has 4 nitrogen and oxygen atoms in total. The van der Waals surface area contributed by atoms with Gasteiger partial charge in [0.25, 0.3) is 0 Å². The minimum absolute atomic E-state index is 0. The molecule has 21 heavy (non-hydrogen) atoms. The monoisotopic (exact) mass is 305 g/mol. The van der Waals surface area contributed by atoms with E-state index in [0.29, 0.717) is 0 Å². The summed E-state index contributed by atoms with van der Waals surface area (Å²) in [6.07, 6.45) is 7.48. The number of hydrogen-bond acceptors (Lipinski definition) is 2. The molecule has 0 fully saturated rings. The van der Waals surface area contributed by atoms with E-state index in [4.69, 9.17) is 9.84 Å². The Bertz CT molecular complexity index is 606. The molecule has 1 aromatic carbocycles. The summed E-state index contributed by atoms with van der Waals surface area (Å²) in [5, 5.41) is 8.69. The first-order valence-corrected chi connectivity index (χ1v) is 6.20. The van der Waals surface area contributed by atoms with E-state index in [1.165, 1.54) is 0 Å². The number of rotatable bonds is 5. The van der Waals surface area contributed by atoms with Crippen LogP contribution in [0.5, 0.6) is 5.75 Å². The van der Waals surface area contributed by atoms with Gasteiger partial charge in [0.05, 0.1) is 7.11 Å². The van der Waals surface area contributed by atoms with Crippen LogP contribution >= 0.6 is 0 Å². The predicted molar refractivity (Wildman–Crippen MR) is 76.2 cm³/mol. The number of nitrogens with zero attached hydrogens (tertiary/aromatic N) is 1. The van der Waals surface area contributed by atoms with Gasteiger partial charge in [-0.15, -0.1) is 0 Å². The number of ether oxygens (including phenoxy) is 1. The van der Waals surface area contributed by atoms with Crippen molar-refractivity contribution in [2.45, 2.75) is 6.54 Å². The number of carboxylic acid groups (broad SMARTS) is 1. The van der Waals surface area contributed by atoms with E-state index in [1.807, 2.05) is 48.6 Å². The van der Waals surface area contributed by atoms with Crippen molar-refractivity contribution >= 4 is 18.1 Å². The van der Waals surface area contributed by atoms with Crippen LogP contribution in [0.4, 0.5) is 0 Å². The Morgan fingerprint density at radius 1 is 1.10 bits per heavy atom. The van der Waals surface area contributed by atoms with Gasteiger partial charge >= 0.3 is 5.97 Å². The number of methoxy groups -OCH3 is 1. The number of aromatic nitrogens is 1. The molecular weight excluding hydrogens is 290 g/mol. The van der Waals surface area contributed by atoms with Crippen LogP contribution in [0.15, 0.2) is 48.8 Å². The lowest BCUT2D eigenvalue weighted by Gasteiger charge is -1.99. The van der Waals surface area contributed by atoms with E-state index >= 15 is 0 Å². The Morgan fingerprint density at radius 3 is 2.10 bits per heavy atom. The summed E-state index contributed by atoms with van der Waals surface area (Å²) < 4.78 is 6.72. The Kier molecular flexibility index (Phi) is 6.43. The lowest BCUT2D eigenvalue weighted by atomic mass is 10.1. The fourth-order valence-corrected chi connectivity index (χ4v) is 1.75. The number of benzene rings is 1. The molecule has 0 bridgehead atoms. The number of pyridine rings is 1. The van der Waals surface area contributed by atoms with Gasteiger partial charge in [0.1, 0.15) is 5.75 Å². The highest BCUT2D eigenvalue weighted by molar-refractivity contribution is 5.69. The Labute approximate surface area is 129 Å². The SMILES string of the molecule is COc1ccc(/C=C\c2cc[n+](CC(=O)O)cc2)cc1.[Cl-]. The molecule has 0 unspecified atom stereocenters. The highest BCUT2D eigenvalue weighted by Gasteiger charge is 2.05. The third kappa shape index (κ3) is 5.28. The third-order valence-electron chi connectivity index (χ3n) is 2.82. The number of halogens is 1. The van der Waals surface area contributed by atoms with Crippen LogP contribution in [-0.4, -0.2) is 18.2 Å². The normalized spacial score (nSPS) is 10.1. The number of carboxylic acids is 1. The lowest BCUT2D eigenvalue weighted by Crippen LogP contribution is -3.00. The minimum atomic E-state index is -0.850. The van der Waals surface area contributed by atoms with Crippen LogP contribution in [0.25, 0.3) is 12.2 Å². The molecule has 0 spiro atoms. The van der Waals surface area contributed by atoms with Crippen molar-refractivity contribution in [3.63, 3.8) is 0 Å². The van der Waals surface area contributed by atoms with Crippen LogP contribution in [0, 0.1) is 0 Å². The third-order valence-corrected chi connectivity index (χ3v) is 2.82. The van der Waals surface area contributed by atoms with Crippen LogP contribution in [0.3, 0.4) is 0 Å². The fraction of sp³-hybridized carbons (Fsp3) is 0.125. The molecule has 2 aromatic rings. The molecule has 0 radical (unpaired) electrons. The van der Waals surface area contributed by atoms with Gasteiger partial charge in [-0.2, -0.15) is 4.57 Å². The summed E-state index contributed by atoms with van der Waals surface area (Å²) in [6.45, 7) is -0.0253. The van der Waals surface area contributed by atoms with Crippen molar-refractivity contribution in [2.75, 3.05) is 7.11 Å². The van der Waals surface area contributed by atoms with Crippen molar-refractivity contribution < 1.29 is 31.6 Å². The molecule has 2 rings (SSSR count). The Balaban J connectivity index is 0.00000220. The number of hydrogen-bond donors (Lipinski definition) is 1. The number of aliphatic carboxylic acids is 1. The van der Waals surface area contributed by atoms with E-state index in [0.717, 1.165) is 16.9 Å². The van der Waals surface area contributed by atoms with Gasteiger partial charge in [-0.3, -0.25) is 0 Å². The van der Waals surface area contributed by atoms with Gasteiger partial charge in [0, 0.05) is 12.1 Å². The molecule has 1 aromatic heterocycles. The average Bonchev–Trinajstić information content (AvgIpc) is 2.46. The van der Waals surface area contributed by atoms with E-state index in [2.05, 4.69) is 0 Å². The highest BCUT2D eigenvalue weighted by atomic mass is 35.5. The van der Waals surface area contributed by atoms with E-state index in [9.17, 15) is 4.79 Å². The van der Waals surface area contributed by atoms with Crippen LogP contribution in [0.1, 0.15) is 11.1 Å². The second-order valence-corrected chi connectivity index (χ2v) is 4.30. The highest BCUT2D eigenvalue weighted by Crippen LogP contribution is 2.13. The maximum Gasteiger partial charge on any atom is 0.370 e. The lowest BCUT2D eigenvalue weighted by molar-refractivity contribution is -0.685. The Hall–Kier alpha value is -2.33. The van der Waals surface area contributed by atoms with Crippen molar-refractivity contribution in [2.24, 2.45) is 0 Å². The van der Waals surface area contributed by atoms with Gasteiger partial charge in [-0.1, -0.05) is 24.3 Å². The first-order chi connectivity index (χ1) is 9.67. The molecule has 0 saturated carbocycles. The smallest absolute Gasteiger partial charge is 0.370 e. The van der Waals surface area contributed by atoms with Gasteiger partial charge in [-0.05, 0) is 23.3 Å². The minimum Gasteiger partial charge on any atom is -1.00 e. The second-order valence-electron chi connectivity index (χ2n) is 4.30. The van der Waals surface area contributed by atoms with Crippen molar-refractivity contribution in [1.82, 2.24) is 0 Å². The molecule has 0 aliphatic rings.